The van der Waals surface area contributed by atoms with Gasteiger partial charge in [-0.15, -0.1) is 22.7 Å². The number of rotatable bonds is 16. The van der Waals surface area contributed by atoms with Crippen LogP contribution in [-0.4, -0.2) is 165 Å². The van der Waals surface area contributed by atoms with E-state index in [1.807, 2.05) is 163 Å². The molecule has 103 heavy (non-hydrogen) atoms. The number of carbonyl (C=O) groups is 3. The van der Waals surface area contributed by atoms with Gasteiger partial charge in [0.2, 0.25) is 0 Å². The first-order valence-corrected chi connectivity index (χ1v) is 35.4. The van der Waals surface area contributed by atoms with Crippen LogP contribution >= 0.6 is 34.3 Å². The predicted molar refractivity (Wildman–Crippen MR) is 400 cm³/mol. The summed E-state index contributed by atoms with van der Waals surface area (Å²) in [4.78, 5) is 127. The van der Waals surface area contributed by atoms with Gasteiger partial charge in [0.05, 0.1) is 60.4 Å². The van der Waals surface area contributed by atoms with Crippen LogP contribution in [0.15, 0.2) is 187 Å². The summed E-state index contributed by atoms with van der Waals surface area (Å²) in [6.07, 6.45) is 1.44. The number of piperazine rings is 3. The second-order valence-corrected chi connectivity index (χ2v) is 27.7. The smallest absolute Gasteiger partial charge is 0.357 e. The summed E-state index contributed by atoms with van der Waals surface area (Å²) in [6, 6.07) is 45.7. The van der Waals surface area contributed by atoms with E-state index in [1.165, 1.54) is 42.6 Å². The number of halogens is 1. The topological polar surface area (TPSA) is 282 Å². The molecule has 3 aliphatic rings. The fourth-order valence-electron chi connectivity index (χ4n) is 13.4. The van der Waals surface area contributed by atoms with Crippen molar-refractivity contribution in [3.63, 3.8) is 0 Å². The van der Waals surface area contributed by atoms with Gasteiger partial charge in [-0.2, -0.15) is 0 Å². The molecule has 26 nitrogen and oxygen atoms in total. The molecule has 11 aromatic rings. The van der Waals surface area contributed by atoms with Crippen molar-refractivity contribution in [3.8, 4) is 0 Å². The minimum Gasteiger partial charge on any atom is -0.459 e. The molecule has 9 heterocycles. The van der Waals surface area contributed by atoms with E-state index in [1.54, 1.807) is 62.1 Å². The number of likely N-dealkylation sites (N-methyl/N-ethyl adjacent to an activating group) is 1. The van der Waals surface area contributed by atoms with Crippen LogP contribution in [-0.2, 0) is 19.6 Å². The minimum absolute atomic E-state index is 0.0287. The summed E-state index contributed by atoms with van der Waals surface area (Å²) in [5.41, 5.74) is 3.24. The Morgan fingerprint density at radius 2 is 0.845 bits per heavy atom. The molecule has 0 atom stereocenters. The first-order valence-electron chi connectivity index (χ1n) is 33.2. The first kappa shape index (κ1) is 71.5. The van der Waals surface area contributed by atoms with Crippen LogP contribution in [0.2, 0.25) is 5.02 Å². The van der Waals surface area contributed by atoms with E-state index in [4.69, 9.17) is 16.0 Å². The quantitative estimate of drug-likeness (QED) is 0.0642. The number of carbonyl (C=O) groups excluding carboxylic acids is 3. The molecule has 5 aromatic carbocycles. The number of aromatic nitrogens is 3. The third-order valence-corrected chi connectivity index (χ3v) is 20.4. The molecule has 0 aliphatic carbocycles. The Kier molecular flexibility index (Phi) is 21.7. The maximum absolute atomic E-state index is 13.5. The van der Waals surface area contributed by atoms with Crippen LogP contribution in [0, 0.1) is 44.2 Å². The van der Waals surface area contributed by atoms with Gasteiger partial charge in [-0.25, -0.2) is 0 Å². The van der Waals surface area contributed by atoms with Gasteiger partial charge in [-0.1, -0.05) is 108 Å². The molecule has 3 saturated heterocycles. The highest BCUT2D eigenvalue weighted by atomic mass is 35.5. The van der Waals surface area contributed by atoms with E-state index in [0.717, 1.165) is 22.3 Å². The summed E-state index contributed by atoms with van der Waals surface area (Å²) in [5, 5.41) is 42.6. The number of hydrogen-bond acceptors (Lipinski definition) is 19. The lowest BCUT2D eigenvalue weighted by molar-refractivity contribution is -0.385. The summed E-state index contributed by atoms with van der Waals surface area (Å²) in [6.45, 7) is 9.88. The highest BCUT2D eigenvalue weighted by molar-refractivity contribution is 7.12. The van der Waals surface area contributed by atoms with Gasteiger partial charge in [0.1, 0.15) is 17.1 Å². The number of thiophene rings is 2. The first-order chi connectivity index (χ1) is 49.6. The number of furan rings is 1. The average Bonchev–Trinajstić information content (AvgIpc) is 1.67. The second kappa shape index (κ2) is 31.3. The molecule has 0 bridgehead atoms. The van der Waals surface area contributed by atoms with E-state index in [-0.39, 0.29) is 42.3 Å². The Balaban J connectivity index is 0.000000146. The molecule has 0 spiro atoms. The molecular formula is C74H72ClN13O13S2. The zero-order valence-corrected chi connectivity index (χ0v) is 59.2. The lowest BCUT2D eigenvalue weighted by Gasteiger charge is -2.36. The van der Waals surface area contributed by atoms with Crippen LogP contribution in [0.5, 0.6) is 0 Å². The number of nitrogens with zero attached hydrogens (tertiary/aromatic N) is 13. The maximum Gasteiger partial charge on any atom is 0.357 e. The third kappa shape index (κ3) is 15.3. The van der Waals surface area contributed by atoms with Crippen LogP contribution < -0.4 is 31.4 Å². The van der Waals surface area contributed by atoms with Crippen LogP contribution in [0.1, 0.15) is 52.2 Å². The SMILES string of the molecule is Cc1ccc2c(c1)c(N1CCN(C(=O)c3cccs3)CC1)c([N+](=O)[O-])c(=O)n2CCN(C)C.Cc1ccc2c(c1)c(N1CCN(C(=O)c3cccs3)CC1)c([N+](=O)[O-])c(=O)n2Cc1ccccc1.O=C(c1ccco1)N1CCN(c2c([N+](=O)[O-])c(=O)n(Cc3ccccc3)c3ccc(Cl)cc23)CC1. The van der Waals surface area contributed by atoms with E-state index >= 15 is 0 Å². The van der Waals surface area contributed by atoms with Crippen molar-refractivity contribution in [1.29, 1.82) is 0 Å². The molecule has 3 amide bonds. The fraction of sp³-hybridized carbons (Fsp3) is 0.270. The molecular weight excluding hydrogens is 1380 g/mol. The Morgan fingerprint density at radius 3 is 1.21 bits per heavy atom. The molecule has 0 saturated carbocycles. The number of aryl methyl sites for hydroxylation is 2. The number of pyridine rings is 3. The van der Waals surface area contributed by atoms with Crippen molar-refractivity contribution >= 4 is 119 Å². The summed E-state index contributed by atoms with van der Waals surface area (Å²) < 4.78 is 9.62. The van der Waals surface area contributed by atoms with E-state index in [2.05, 4.69) is 0 Å². The van der Waals surface area contributed by atoms with Gasteiger partial charge in [-0.05, 0) is 117 Å². The standard InChI is InChI=1S/C26H24N4O4S.C25H21ClN4O5.C23H27N5O4S/c1-18-9-10-21-20(16-18)23(27-11-13-28(14-12-27)25(31)22-8-5-15-35-22)24(30(33)34)26(32)29(21)17-19-6-3-2-4-7-19;26-18-8-9-20-19(15-18)22(27-10-12-28(13-11-27)24(31)21-7-4-14-35-21)23(30(33)34)25(32)29(20)16-17-5-2-1-3-6-17;1-16-6-7-18-17(15-16)20(21(28(31)32)23(30)27(18)13-8-24(2)3)25-9-11-26(12-10-25)22(29)19-5-4-14-33-19/h2-10,15-16H,11-14,17H2,1H3;1-9,14-15H,10-13,16H2;4-7,14-15H,8-13H2,1-3H3. The molecule has 3 aliphatic heterocycles. The van der Waals surface area contributed by atoms with Crippen molar-refractivity contribution in [1.82, 2.24) is 33.3 Å². The summed E-state index contributed by atoms with van der Waals surface area (Å²) in [7, 11) is 3.80. The number of benzene rings is 5. The molecule has 3 fully saturated rings. The largest absolute Gasteiger partial charge is 0.459 e. The molecule has 29 heteroatoms. The predicted octanol–water partition coefficient (Wildman–Crippen LogP) is 11.3. The highest BCUT2D eigenvalue weighted by Gasteiger charge is 2.37. The van der Waals surface area contributed by atoms with E-state index in [0.29, 0.717) is 150 Å². The van der Waals surface area contributed by atoms with Gasteiger partial charge < -0.3 is 43.3 Å². The molecule has 14 rings (SSSR count). The van der Waals surface area contributed by atoms with Crippen molar-refractivity contribution in [3.05, 3.63) is 273 Å². The summed E-state index contributed by atoms with van der Waals surface area (Å²) in [5.74, 6) is -0.0624. The second-order valence-electron chi connectivity index (χ2n) is 25.3. The van der Waals surface area contributed by atoms with Gasteiger partial charge in [0.15, 0.2) is 5.76 Å². The molecule has 0 unspecified atom stereocenters. The van der Waals surface area contributed by atoms with E-state index < -0.39 is 48.5 Å². The van der Waals surface area contributed by atoms with Crippen LogP contribution in [0.25, 0.3) is 32.7 Å². The number of anilines is 3. The Bertz CT molecular complexity index is 4960. The zero-order valence-electron chi connectivity index (χ0n) is 56.8. The van der Waals surface area contributed by atoms with Crippen molar-refractivity contribution < 1.29 is 33.6 Å². The Labute approximate surface area is 602 Å². The maximum atomic E-state index is 13.5. The minimum atomic E-state index is -0.683. The molecule has 0 N–H and O–H groups in total. The average molecular weight is 1450 g/mol. The molecule has 0 radical (unpaired) electrons. The van der Waals surface area contributed by atoms with Crippen molar-refractivity contribution in [2.45, 2.75) is 33.5 Å². The number of hydrogen-bond donors (Lipinski definition) is 0. The zero-order chi connectivity index (χ0) is 72.8. The summed E-state index contributed by atoms with van der Waals surface area (Å²) >= 11 is 9.09. The van der Waals surface area contributed by atoms with Crippen molar-refractivity contribution in [2.75, 3.05) is 114 Å². The number of fused-ring (bicyclic) bond motifs is 3. The number of amides is 3. The lowest BCUT2D eigenvalue weighted by atomic mass is 10.1. The molecule has 6 aromatic heterocycles. The van der Waals surface area contributed by atoms with Gasteiger partial charge in [-0.3, -0.25) is 68.2 Å². The molecule has 530 valence electrons. The van der Waals surface area contributed by atoms with Gasteiger partial charge in [0, 0.05) is 113 Å². The lowest BCUT2D eigenvalue weighted by Crippen LogP contribution is -2.49. The number of nitro groups is 3. The Morgan fingerprint density at radius 1 is 0.466 bits per heavy atom. The van der Waals surface area contributed by atoms with E-state index in [9.17, 15) is 59.1 Å². The van der Waals surface area contributed by atoms with Gasteiger partial charge >= 0.3 is 33.7 Å². The fourth-order valence-corrected chi connectivity index (χ4v) is 14.9. The van der Waals surface area contributed by atoms with Crippen LogP contribution in [0.4, 0.5) is 34.1 Å². The monoisotopic (exact) mass is 1450 g/mol. The van der Waals surface area contributed by atoms with Crippen LogP contribution in [0.3, 0.4) is 0 Å². The Hall–Kier alpha value is -11.3. The normalized spacial score (nSPS) is 14.0. The van der Waals surface area contributed by atoms with Crippen molar-refractivity contribution in [2.24, 2.45) is 0 Å². The third-order valence-electron chi connectivity index (χ3n) is 18.4. The van der Waals surface area contributed by atoms with Gasteiger partial charge in [0.25, 0.3) is 17.7 Å². The highest BCUT2D eigenvalue weighted by Crippen LogP contribution is 2.39.